The molecule has 2 rings (SSSR count). The van der Waals surface area contributed by atoms with Gasteiger partial charge in [-0.05, 0) is 29.5 Å². The highest BCUT2D eigenvalue weighted by molar-refractivity contribution is 7.98. The van der Waals surface area contributed by atoms with E-state index in [1.165, 1.54) is 11.8 Å². The zero-order chi connectivity index (χ0) is 12.3. The molecule has 0 aliphatic heterocycles. The smallest absolute Gasteiger partial charge is 0.258 e. The van der Waals surface area contributed by atoms with Crippen molar-refractivity contribution in [3.8, 4) is 11.1 Å². The van der Waals surface area contributed by atoms with E-state index in [1.807, 2.05) is 42.7 Å². The fourth-order valence-electron chi connectivity index (χ4n) is 1.64. The molecule has 0 spiro atoms. The van der Waals surface area contributed by atoms with E-state index in [0.29, 0.717) is 4.90 Å². The van der Waals surface area contributed by atoms with Gasteiger partial charge in [0, 0.05) is 6.07 Å². The first-order valence-electron chi connectivity index (χ1n) is 5.10. The molecule has 86 valence electrons. The zero-order valence-electron chi connectivity index (χ0n) is 9.29. The van der Waals surface area contributed by atoms with Gasteiger partial charge in [0.25, 0.3) is 5.69 Å². The van der Waals surface area contributed by atoms with Gasteiger partial charge in [-0.2, -0.15) is 0 Å². The van der Waals surface area contributed by atoms with Crippen LogP contribution < -0.4 is 0 Å². The molecule has 2 aromatic carbocycles. The van der Waals surface area contributed by atoms with Crippen LogP contribution in [0.25, 0.3) is 11.1 Å². The lowest BCUT2D eigenvalue weighted by Gasteiger charge is -2.04. The van der Waals surface area contributed by atoms with Crippen LogP contribution in [0.5, 0.6) is 0 Å². The minimum atomic E-state index is -0.347. The fraction of sp³-hybridized carbons (Fsp3) is 0.0769. The summed E-state index contributed by atoms with van der Waals surface area (Å²) < 4.78 is 0. The van der Waals surface area contributed by atoms with Crippen LogP contribution in [-0.2, 0) is 0 Å². The maximum atomic E-state index is 10.8. The summed E-state index contributed by atoms with van der Waals surface area (Å²) in [5.41, 5.74) is 2.23. The largest absolute Gasteiger partial charge is 0.282 e. The van der Waals surface area contributed by atoms with Gasteiger partial charge >= 0.3 is 0 Å². The average molecular weight is 245 g/mol. The highest BCUT2D eigenvalue weighted by Gasteiger charge is 2.13. The molecular weight excluding hydrogens is 234 g/mol. The summed E-state index contributed by atoms with van der Waals surface area (Å²) in [7, 11) is 0. The first kappa shape index (κ1) is 11.7. The molecule has 4 heteroatoms. The molecule has 17 heavy (non-hydrogen) atoms. The van der Waals surface area contributed by atoms with Crippen molar-refractivity contribution in [3.63, 3.8) is 0 Å². The Morgan fingerprint density at radius 1 is 1.06 bits per heavy atom. The predicted molar refractivity (Wildman–Crippen MR) is 70.3 cm³/mol. The summed E-state index contributed by atoms with van der Waals surface area (Å²) in [5.74, 6) is 0. The normalized spacial score (nSPS) is 10.2. The van der Waals surface area contributed by atoms with Crippen LogP contribution in [0.1, 0.15) is 0 Å². The van der Waals surface area contributed by atoms with Gasteiger partial charge in [0.05, 0.1) is 9.82 Å². The number of hydrogen-bond acceptors (Lipinski definition) is 3. The maximum Gasteiger partial charge on any atom is 0.282 e. The molecule has 0 N–H and O–H groups in total. The van der Waals surface area contributed by atoms with E-state index in [-0.39, 0.29) is 10.6 Å². The number of nitro groups is 1. The molecule has 0 saturated heterocycles. The highest BCUT2D eigenvalue weighted by atomic mass is 32.2. The molecule has 0 atom stereocenters. The number of thioether (sulfide) groups is 1. The molecule has 0 aliphatic carbocycles. The molecule has 0 aromatic heterocycles. The SMILES string of the molecule is CSc1cc(-c2ccccc2)ccc1[N+](=O)[O-]. The van der Waals surface area contributed by atoms with Crippen molar-refractivity contribution in [2.45, 2.75) is 4.90 Å². The third kappa shape index (κ3) is 2.47. The minimum Gasteiger partial charge on any atom is -0.258 e. The van der Waals surface area contributed by atoms with Crippen LogP contribution in [0, 0.1) is 10.1 Å². The van der Waals surface area contributed by atoms with Gasteiger partial charge in [-0.25, -0.2) is 0 Å². The Bertz CT molecular complexity index is 540. The van der Waals surface area contributed by atoms with Gasteiger partial charge in [-0.1, -0.05) is 30.3 Å². The van der Waals surface area contributed by atoms with Crippen LogP contribution in [0.15, 0.2) is 53.4 Å². The van der Waals surface area contributed by atoms with Crippen LogP contribution >= 0.6 is 11.8 Å². The average Bonchev–Trinajstić information content (AvgIpc) is 2.39. The topological polar surface area (TPSA) is 43.1 Å². The monoisotopic (exact) mass is 245 g/mol. The lowest BCUT2D eigenvalue weighted by atomic mass is 10.1. The van der Waals surface area contributed by atoms with Crippen LogP contribution in [0.2, 0.25) is 0 Å². The summed E-state index contributed by atoms with van der Waals surface area (Å²) in [4.78, 5) is 11.2. The number of nitrogens with zero attached hydrogens (tertiary/aromatic N) is 1. The van der Waals surface area contributed by atoms with Gasteiger partial charge in [0.15, 0.2) is 0 Å². The molecule has 0 radical (unpaired) electrons. The van der Waals surface area contributed by atoms with E-state index in [1.54, 1.807) is 12.1 Å². The first-order valence-corrected chi connectivity index (χ1v) is 6.32. The van der Waals surface area contributed by atoms with Crippen LogP contribution in [0.3, 0.4) is 0 Å². The van der Waals surface area contributed by atoms with E-state index >= 15 is 0 Å². The number of nitro benzene ring substituents is 1. The zero-order valence-corrected chi connectivity index (χ0v) is 10.1. The maximum absolute atomic E-state index is 10.8. The highest BCUT2D eigenvalue weighted by Crippen LogP contribution is 2.32. The lowest BCUT2D eigenvalue weighted by molar-refractivity contribution is -0.387. The summed E-state index contributed by atoms with van der Waals surface area (Å²) in [6, 6.07) is 15.0. The number of benzene rings is 2. The fourth-order valence-corrected chi connectivity index (χ4v) is 2.24. The third-order valence-corrected chi connectivity index (χ3v) is 3.25. The Kier molecular flexibility index (Phi) is 3.44. The third-order valence-electron chi connectivity index (χ3n) is 2.48. The van der Waals surface area contributed by atoms with Crippen molar-refractivity contribution < 1.29 is 4.92 Å². The molecule has 0 unspecified atom stereocenters. The predicted octanol–water partition coefficient (Wildman–Crippen LogP) is 3.98. The number of hydrogen-bond donors (Lipinski definition) is 0. The molecule has 0 fully saturated rings. The molecule has 3 nitrogen and oxygen atoms in total. The van der Waals surface area contributed by atoms with Gasteiger partial charge < -0.3 is 0 Å². The summed E-state index contributed by atoms with van der Waals surface area (Å²) >= 11 is 1.39. The van der Waals surface area contributed by atoms with Crippen molar-refractivity contribution in [1.29, 1.82) is 0 Å². The Balaban J connectivity index is 2.49. The van der Waals surface area contributed by atoms with E-state index in [9.17, 15) is 10.1 Å². The minimum absolute atomic E-state index is 0.164. The molecule has 0 bridgehead atoms. The second-order valence-electron chi connectivity index (χ2n) is 3.51. The first-order chi connectivity index (χ1) is 8.22. The van der Waals surface area contributed by atoms with Crippen molar-refractivity contribution in [3.05, 3.63) is 58.6 Å². The molecule has 0 saturated carbocycles. The van der Waals surface area contributed by atoms with Crippen molar-refractivity contribution in [1.82, 2.24) is 0 Å². The van der Waals surface area contributed by atoms with Gasteiger partial charge in [-0.15, -0.1) is 11.8 Å². The van der Waals surface area contributed by atoms with E-state index < -0.39 is 0 Å². The molecule has 0 aliphatic rings. The Morgan fingerprint density at radius 2 is 1.76 bits per heavy atom. The molecular formula is C13H11NO2S. The van der Waals surface area contributed by atoms with Crippen molar-refractivity contribution in [2.75, 3.05) is 6.26 Å². The van der Waals surface area contributed by atoms with E-state index in [2.05, 4.69) is 0 Å². The summed E-state index contributed by atoms with van der Waals surface area (Å²) in [5, 5.41) is 10.8. The molecule has 0 amide bonds. The lowest BCUT2D eigenvalue weighted by Crippen LogP contribution is -1.91. The second-order valence-corrected chi connectivity index (χ2v) is 4.36. The summed E-state index contributed by atoms with van der Waals surface area (Å²) in [6.07, 6.45) is 1.84. The quantitative estimate of drug-likeness (QED) is 0.466. The van der Waals surface area contributed by atoms with Gasteiger partial charge in [0.2, 0.25) is 0 Å². The van der Waals surface area contributed by atoms with Gasteiger partial charge in [0.1, 0.15) is 0 Å². The Morgan fingerprint density at radius 3 is 2.35 bits per heavy atom. The molecule has 2 aromatic rings. The van der Waals surface area contributed by atoms with Gasteiger partial charge in [-0.3, -0.25) is 10.1 Å². The Hall–Kier alpha value is -1.81. The standard InChI is InChI=1S/C13H11NO2S/c1-17-13-9-11(7-8-12(13)14(15)16)10-5-3-2-4-6-10/h2-9H,1H3. The van der Waals surface area contributed by atoms with Crippen molar-refractivity contribution in [2.24, 2.45) is 0 Å². The van der Waals surface area contributed by atoms with Crippen LogP contribution in [0.4, 0.5) is 5.69 Å². The van der Waals surface area contributed by atoms with E-state index in [4.69, 9.17) is 0 Å². The van der Waals surface area contributed by atoms with Crippen molar-refractivity contribution >= 4 is 17.4 Å². The van der Waals surface area contributed by atoms with E-state index in [0.717, 1.165) is 11.1 Å². The number of rotatable bonds is 3. The second kappa shape index (κ2) is 5.01. The Labute approximate surface area is 104 Å². The van der Waals surface area contributed by atoms with Crippen LogP contribution in [-0.4, -0.2) is 11.2 Å². The summed E-state index contributed by atoms with van der Waals surface area (Å²) in [6.45, 7) is 0. The molecule has 0 heterocycles.